The highest BCUT2D eigenvalue weighted by Crippen LogP contribution is 2.19. The topological polar surface area (TPSA) is 72.0 Å². The lowest BCUT2D eigenvalue weighted by Gasteiger charge is -2.08. The molecule has 0 aliphatic carbocycles. The van der Waals surface area contributed by atoms with E-state index < -0.39 is 10.0 Å². The van der Waals surface area contributed by atoms with Gasteiger partial charge in [0.25, 0.3) is 0 Å². The number of hydrogen-bond donors (Lipinski definition) is 1. The number of nitrogens with one attached hydrogen (secondary N) is 1. The van der Waals surface area contributed by atoms with E-state index in [0.717, 1.165) is 23.2 Å². The van der Waals surface area contributed by atoms with Crippen LogP contribution in [0.4, 0.5) is 0 Å². The number of pyridine rings is 2. The number of nitrogens with zero attached hydrogens (tertiary/aromatic N) is 2. The normalized spacial score (nSPS) is 11.4. The fourth-order valence-corrected chi connectivity index (χ4v) is 3.35. The average molecular weight is 353 g/mol. The van der Waals surface area contributed by atoms with Crippen molar-refractivity contribution in [2.24, 2.45) is 0 Å². The number of aromatic nitrogens is 2. The van der Waals surface area contributed by atoms with Gasteiger partial charge in [0, 0.05) is 30.7 Å². The molecule has 5 nitrogen and oxygen atoms in total. The van der Waals surface area contributed by atoms with Crippen molar-refractivity contribution in [2.75, 3.05) is 0 Å². The Hall–Kier alpha value is -2.57. The second kappa shape index (κ2) is 7.55. The van der Waals surface area contributed by atoms with E-state index in [1.807, 2.05) is 12.1 Å². The van der Waals surface area contributed by atoms with Crippen LogP contribution in [0.1, 0.15) is 18.1 Å². The van der Waals surface area contributed by atoms with Gasteiger partial charge in [-0.25, -0.2) is 13.1 Å². The molecule has 0 saturated heterocycles. The van der Waals surface area contributed by atoms with Gasteiger partial charge in [-0.3, -0.25) is 9.97 Å². The molecule has 2 aromatic heterocycles. The predicted octanol–water partition coefficient (Wildman–Crippen LogP) is 3.18. The molecule has 2 heterocycles. The molecule has 0 aliphatic rings. The smallest absolute Gasteiger partial charge is 0.242 e. The summed E-state index contributed by atoms with van der Waals surface area (Å²) in [6.45, 7) is 2.32. The molecule has 25 heavy (non-hydrogen) atoms. The number of rotatable bonds is 6. The fourth-order valence-electron chi connectivity index (χ4n) is 2.38. The highest BCUT2D eigenvalue weighted by atomic mass is 32.2. The summed E-state index contributed by atoms with van der Waals surface area (Å²) in [7, 11) is -3.60. The predicted molar refractivity (Wildman–Crippen MR) is 97.3 cm³/mol. The molecule has 0 bridgehead atoms. The fraction of sp³-hybridized carbons (Fsp3) is 0.158. The van der Waals surface area contributed by atoms with Crippen molar-refractivity contribution >= 4 is 10.0 Å². The first-order valence-electron chi connectivity index (χ1n) is 8.02. The van der Waals surface area contributed by atoms with Crippen LogP contribution in [0, 0.1) is 0 Å². The summed E-state index contributed by atoms with van der Waals surface area (Å²) in [6.07, 6.45) is 5.62. The Bertz CT molecular complexity index is 923. The summed E-state index contributed by atoms with van der Waals surface area (Å²) >= 11 is 0. The second-order valence-electron chi connectivity index (χ2n) is 5.61. The summed E-state index contributed by atoms with van der Waals surface area (Å²) in [4.78, 5) is 8.36. The van der Waals surface area contributed by atoms with Gasteiger partial charge in [0.1, 0.15) is 4.90 Å². The van der Waals surface area contributed by atoms with Crippen molar-refractivity contribution in [1.82, 2.24) is 14.7 Å². The molecule has 1 N–H and O–H groups in total. The van der Waals surface area contributed by atoms with Gasteiger partial charge in [0.15, 0.2) is 0 Å². The Kier molecular flexibility index (Phi) is 5.21. The van der Waals surface area contributed by atoms with E-state index in [2.05, 4.69) is 33.7 Å². The van der Waals surface area contributed by atoms with E-state index in [9.17, 15) is 8.42 Å². The Labute approximate surface area is 147 Å². The third-order valence-electron chi connectivity index (χ3n) is 3.92. The zero-order valence-corrected chi connectivity index (χ0v) is 14.7. The third kappa shape index (κ3) is 4.29. The minimum absolute atomic E-state index is 0.149. The molecule has 3 aromatic rings. The largest absolute Gasteiger partial charge is 0.265 e. The van der Waals surface area contributed by atoms with Gasteiger partial charge in [-0.15, -0.1) is 0 Å². The maximum Gasteiger partial charge on any atom is 0.242 e. The first kappa shape index (κ1) is 17.3. The molecule has 0 radical (unpaired) electrons. The summed E-state index contributed by atoms with van der Waals surface area (Å²) < 4.78 is 27.3. The number of hydrogen-bond acceptors (Lipinski definition) is 4. The molecule has 0 amide bonds. The van der Waals surface area contributed by atoms with Crippen LogP contribution in [0.15, 0.2) is 72.0 Å². The molecule has 0 unspecified atom stereocenters. The van der Waals surface area contributed by atoms with Crippen LogP contribution in [0.3, 0.4) is 0 Å². The van der Waals surface area contributed by atoms with Gasteiger partial charge in [-0.1, -0.05) is 31.2 Å². The minimum atomic E-state index is -3.60. The van der Waals surface area contributed by atoms with Gasteiger partial charge in [0.05, 0.1) is 5.69 Å². The summed E-state index contributed by atoms with van der Waals surface area (Å²) in [5.74, 6) is 0. The van der Waals surface area contributed by atoms with Crippen LogP contribution in [0.5, 0.6) is 0 Å². The van der Waals surface area contributed by atoms with E-state index in [1.165, 1.54) is 11.8 Å². The van der Waals surface area contributed by atoms with E-state index in [1.54, 1.807) is 36.7 Å². The van der Waals surface area contributed by atoms with Gasteiger partial charge in [-0.2, -0.15) is 0 Å². The zero-order chi connectivity index (χ0) is 17.7. The highest BCUT2D eigenvalue weighted by Gasteiger charge is 2.14. The van der Waals surface area contributed by atoms with Gasteiger partial charge >= 0.3 is 0 Å². The zero-order valence-electron chi connectivity index (χ0n) is 13.9. The van der Waals surface area contributed by atoms with E-state index in [-0.39, 0.29) is 11.4 Å². The Balaban J connectivity index is 1.74. The molecule has 0 aliphatic heterocycles. The van der Waals surface area contributed by atoms with E-state index in [0.29, 0.717) is 0 Å². The van der Waals surface area contributed by atoms with Crippen LogP contribution in [-0.4, -0.2) is 18.4 Å². The number of sulfonamides is 1. The van der Waals surface area contributed by atoms with Crippen molar-refractivity contribution in [3.63, 3.8) is 0 Å². The maximum atomic E-state index is 12.4. The minimum Gasteiger partial charge on any atom is -0.265 e. The Morgan fingerprint density at radius 2 is 1.64 bits per heavy atom. The summed E-state index contributed by atoms with van der Waals surface area (Å²) in [5.41, 5.74) is 3.81. The van der Waals surface area contributed by atoms with Crippen molar-refractivity contribution in [3.05, 3.63) is 78.2 Å². The highest BCUT2D eigenvalue weighted by molar-refractivity contribution is 7.89. The number of aryl methyl sites for hydroxylation is 1. The lowest BCUT2D eigenvalue weighted by Crippen LogP contribution is -2.23. The standard InChI is InChI=1S/C19H19N3O2S/c1-2-15-3-5-17(6-4-15)19-8-7-18(14-21-19)25(23,24)22-13-16-9-11-20-12-10-16/h3-12,14,22H,2,13H2,1H3. The molecule has 0 spiro atoms. The Morgan fingerprint density at radius 3 is 2.24 bits per heavy atom. The summed E-state index contributed by atoms with van der Waals surface area (Å²) in [6, 6.07) is 14.9. The van der Waals surface area contributed by atoms with Crippen molar-refractivity contribution < 1.29 is 8.42 Å². The molecular weight excluding hydrogens is 334 g/mol. The molecular formula is C19H19N3O2S. The van der Waals surface area contributed by atoms with Gasteiger partial charge < -0.3 is 0 Å². The van der Waals surface area contributed by atoms with Crippen molar-refractivity contribution in [3.8, 4) is 11.3 Å². The lowest BCUT2D eigenvalue weighted by molar-refractivity contribution is 0.581. The lowest BCUT2D eigenvalue weighted by atomic mass is 10.1. The van der Waals surface area contributed by atoms with Gasteiger partial charge in [-0.05, 0) is 41.8 Å². The average Bonchev–Trinajstić information content (AvgIpc) is 2.67. The van der Waals surface area contributed by atoms with Crippen LogP contribution in [-0.2, 0) is 23.0 Å². The van der Waals surface area contributed by atoms with E-state index >= 15 is 0 Å². The maximum absolute atomic E-state index is 12.4. The Morgan fingerprint density at radius 1 is 0.920 bits per heavy atom. The first-order chi connectivity index (χ1) is 12.1. The van der Waals surface area contributed by atoms with Crippen molar-refractivity contribution in [1.29, 1.82) is 0 Å². The molecule has 3 rings (SSSR count). The van der Waals surface area contributed by atoms with Crippen LogP contribution in [0.2, 0.25) is 0 Å². The van der Waals surface area contributed by atoms with E-state index in [4.69, 9.17) is 0 Å². The molecule has 0 fully saturated rings. The van der Waals surface area contributed by atoms with Crippen LogP contribution in [0.25, 0.3) is 11.3 Å². The summed E-state index contributed by atoms with van der Waals surface area (Å²) in [5, 5.41) is 0. The molecule has 1 aromatic carbocycles. The van der Waals surface area contributed by atoms with Gasteiger partial charge in [0.2, 0.25) is 10.0 Å². The third-order valence-corrected chi connectivity index (χ3v) is 5.31. The quantitative estimate of drug-likeness (QED) is 0.739. The molecule has 128 valence electrons. The second-order valence-corrected chi connectivity index (χ2v) is 7.38. The SMILES string of the molecule is CCc1ccc(-c2ccc(S(=O)(=O)NCc3ccncc3)cn2)cc1. The van der Waals surface area contributed by atoms with Crippen molar-refractivity contribution in [2.45, 2.75) is 24.8 Å². The monoisotopic (exact) mass is 353 g/mol. The molecule has 6 heteroatoms. The molecule has 0 atom stereocenters. The first-order valence-corrected chi connectivity index (χ1v) is 9.51. The molecule has 0 saturated carbocycles. The van der Waals surface area contributed by atoms with Crippen LogP contribution < -0.4 is 4.72 Å². The number of benzene rings is 1. The van der Waals surface area contributed by atoms with Crippen LogP contribution >= 0.6 is 0 Å².